The van der Waals surface area contributed by atoms with Crippen LogP contribution in [0.25, 0.3) is 0 Å². The lowest BCUT2D eigenvalue weighted by Crippen LogP contribution is -2.46. The predicted octanol–water partition coefficient (Wildman–Crippen LogP) is 2.74. The Balaban J connectivity index is 2.94. The average Bonchev–Trinajstić information content (AvgIpc) is 2.43. The Morgan fingerprint density at radius 2 is 2.24 bits per heavy atom. The molecule has 0 heterocycles. The van der Waals surface area contributed by atoms with E-state index in [1.165, 1.54) is 6.07 Å². The normalized spacial score (nSPS) is 11.3. The number of hydrogen-bond donors (Lipinski definition) is 2. The topological polar surface area (TPSA) is 69.6 Å². The van der Waals surface area contributed by atoms with Crippen LogP contribution in [0.5, 0.6) is 0 Å². The number of amides is 2. The van der Waals surface area contributed by atoms with Gasteiger partial charge in [0.25, 0.3) is 0 Å². The number of nitrogens with one attached hydrogen (secondary N) is 1. The summed E-state index contributed by atoms with van der Waals surface area (Å²) in [6.07, 6.45) is 6.79. The third-order valence-electron chi connectivity index (χ3n) is 2.73. The Bertz CT molecular complexity index is 554. The summed E-state index contributed by atoms with van der Waals surface area (Å²) in [6, 6.07) is 5.43. The Labute approximate surface area is 128 Å². The van der Waals surface area contributed by atoms with Crippen LogP contribution in [0.3, 0.4) is 0 Å². The number of carbonyl (C=O) groups is 2. The maximum absolute atomic E-state index is 12.2. The maximum atomic E-state index is 12.2. The largest absolute Gasteiger partial charge is 0.480 e. The van der Waals surface area contributed by atoms with E-state index in [0.29, 0.717) is 17.1 Å². The Morgan fingerprint density at radius 1 is 1.52 bits per heavy atom. The highest BCUT2D eigenvalue weighted by molar-refractivity contribution is 6.30. The first-order chi connectivity index (χ1) is 9.97. The summed E-state index contributed by atoms with van der Waals surface area (Å²) in [6.45, 7) is 1.47. The molecule has 0 spiro atoms. The molecule has 112 valence electrons. The summed E-state index contributed by atoms with van der Waals surface area (Å²) >= 11 is 5.87. The van der Waals surface area contributed by atoms with Crippen LogP contribution in [0.15, 0.2) is 24.3 Å². The number of nitrogens with zero attached hydrogens (tertiary/aromatic N) is 1. The summed E-state index contributed by atoms with van der Waals surface area (Å²) in [5, 5.41) is 12.0. The molecule has 6 heteroatoms. The maximum Gasteiger partial charge on any atom is 0.323 e. The molecule has 21 heavy (non-hydrogen) atoms. The molecule has 0 aliphatic heterocycles. The minimum Gasteiger partial charge on any atom is -0.480 e. The SMILES string of the molecule is C#CC(CCC)NC(=O)N(CC(=O)O)c1cccc(Cl)c1. The van der Waals surface area contributed by atoms with Gasteiger partial charge in [0.15, 0.2) is 0 Å². The number of urea groups is 1. The number of halogens is 1. The lowest BCUT2D eigenvalue weighted by atomic mass is 10.2. The van der Waals surface area contributed by atoms with Gasteiger partial charge in [0.2, 0.25) is 0 Å². The second-order valence-electron chi connectivity index (χ2n) is 4.42. The molecule has 0 aliphatic rings. The molecule has 5 nitrogen and oxygen atoms in total. The highest BCUT2D eigenvalue weighted by Gasteiger charge is 2.21. The van der Waals surface area contributed by atoms with Gasteiger partial charge < -0.3 is 10.4 Å². The summed E-state index contributed by atoms with van der Waals surface area (Å²) < 4.78 is 0. The average molecular weight is 309 g/mol. The number of carboxylic acids is 1. The van der Waals surface area contributed by atoms with Gasteiger partial charge in [-0.1, -0.05) is 36.9 Å². The van der Waals surface area contributed by atoms with Crippen molar-refractivity contribution in [2.24, 2.45) is 0 Å². The van der Waals surface area contributed by atoms with Gasteiger partial charge in [0, 0.05) is 10.7 Å². The van der Waals surface area contributed by atoms with E-state index in [0.717, 1.165) is 11.3 Å². The van der Waals surface area contributed by atoms with Crippen molar-refractivity contribution in [3.05, 3.63) is 29.3 Å². The van der Waals surface area contributed by atoms with Crippen molar-refractivity contribution in [1.82, 2.24) is 5.32 Å². The zero-order valence-electron chi connectivity index (χ0n) is 11.7. The summed E-state index contributed by atoms with van der Waals surface area (Å²) in [7, 11) is 0. The van der Waals surface area contributed by atoms with Crippen molar-refractivity contribution in [3.63, 3.8) is 0 Å². The summed E-state index contributed by atoms with van der Waals surface area (Å²) in [4.78, 5) is 24.3. The van der Waals surface area contributed by atoms with Crippen LogP contribution < -0.4 is 10.2 Å². The molecule has 1 rings (SSSR count). The number of aliphatic carboxylic acids is 1. The van der Waals surface area contributed by atoms with Crippen molar-refractivity contribution in [2.75, 3.05) is 11.4 Å². The van der Waals surface area contributed by atoms with Crippen LogP contribution >= 0.6 is 11.6 Å². The Morgan fingerprint density at radius 3 is 2.76 bits per heavy atom. The molecule has 0 aromatic heterocycles. The lowest BCUT2D eigenvalue weighted by Gasteiger charge is -2.23. The highest BCUT2D eigenvalue weighted by atomic mass is 35.5. The van der Waals surface area contributed by atoms with E-state index in [1.807, 2.05) is 6.92 Å². The standard InChI is InChI=1S/C15H17ClN2O3/c1-3-6-12(4-2)17-15(21)18(10-14(19)20)13-8-5-7-11(16)9-13/h2,5,7-9,12H,3,6,10H2,1H3,(H,17,21)(H,19,20). The van der Waals surface area contributed by atoms with E-state index in [4.69, 9.17) is 23.1 Å². The van der Waals surface area contributed by atoms with Gasteiger partial charge in [0.1, 0.15) is 6.54 Å². The molecule has 2 N–H and O–H groups in total. The van der Waals surface area contributed by atoms with Gasteiger partial charge in [-0.2, -0.15) is 0 Å². The number of carbonyl (C=O) groups excluding carboxylic acids is 1. The molecule has 1 aromatic carbocycles. The van der Waals surface area contributed by atoms with Gasteiger partial charge >= 0.3 is 12.0 Å². The van der Waals surface area contributed by atoms with Crippen LogP contribution in [-0.2, 0) is 4.79 Å². The first-order valence-electron chi connectivity index (χ1n) is 6.49. The molecule has 0 aliphatic carbocycles. The van der Waals surface area contributed by atoms with E-state index in [-0.39, 0.29) is 0 Å². The fraction of sp³-hybridized carbons (Fsp3) is 0.333. The smallest absolute Gasteiger partial charge is 0.323 e. The van der Waals surface area contributed by atoms with Crippen LogP contribution in [0.1, 0.15) is 19.8 Å². The molecule has 1 unspecified atom stereocenters. The number of benzene rings is 1. The van der Waals surface area contributed by atoms with Crippen molar-refractivity contribution in [2.45, 2.75) is 25.8 Å². The molecular formula is C15H17ClN2O3. The molecule has 0 saturated heterocycles. The van der Waals surface area contributed by atoms with E-state index >= 15 is 0 Å². The molecule has 0 fully saturated rings. The molecule has 1 atom stereocenters. The molecular weight excluding hydrogens is 292 g/mol. The summed E-state index contributed by atoms with van der Waals surface area (Å²) in [5.41, 5.74) is 0.398. The number of anilines is 1. The van der Waals surface area contributed by atoms with Crippen molar-refractivity contribution in [1.29, 1.82) is 0 Å². The van der Waals surface area contributed by atoms with E-state index < -0.39 is 24.6 Å². The number of hydrogen-bond acceptors (Lipinski definition) is 2. The molecule has 0 bridgehead atoms. The van der Waals surface area contributed by atoms with Gasteiger partial charge in [-0.05, 0) is 24.6 Å². The zero-order chi connectivity index (χ0) is 15.8. The van der Waals surface area contributed by atoms with Crippen molar-refractivity contribution < 1.29 is 14.7 Å². The predicted molar refractivity (Wildman–Crippen MR) is 82.5 cm³/mol. The van der Waals surface area contributed by atoms with E-state index in [2.05, 4.69) is 11.2 Å². The van der Waals surface area contributed by atoms with Crippen LogP contribution in [0, 0.1) is 12.3 Å². The van der Waals surface area contributed by atoms with Crippen molar-refractivity contribution >= 4 is 29.3 Å². The first-order valence-corrected chi connectivity index (χ1v) is 6.87. The third kappa shape index (κ3) is 5.36. The minimum absolute atomic E-state index is 0.398. The second kappa shape index (κ2) is 8.18. The second-order valence-corrected chi connectivity index (χ2v) is 4.85. The van der Waals surface area contributed by atoms with E-state index in [9.17, 15) is 9.59 Å². The quantitative estimate of drug-likeness (QED) is 0.794. The number of carboxylic acid groups (broad SMARTS) is 1. The number of terminal acetylenes is 1. The Hall–Kier alpha value is -2.19. The molecule has 2 amide bonds. The van der Waals surface area contributed by atoms with E-state index in [1.54, 1.807) is 18.2 Å². The van der Waals surface area contributed by atoms with Gasteiger partial charge in [0.05, 0.1) is 6.04 Å². The van der Waals surface area contributed by atoms with Gasteiger partial charge in [-0.3, -0.25) is 9.69 Å². The number of rotatable bonds is 6. The monoisotopic (exact) mass is 308 g/mol. The van der Waals surface area contributed by atoms with Gasteiger partial charge in [-0.25, -0.2) is 4.79 Å². The van der Waals surface area contributed by atoms with Crippen molar-refractivity contribution in [3.8, 4) is 12.3 Å². The van der Waals surface area contributed by atoms with Crippen LogP contribution in [-0.4, -0.2) is 29.7 Å². The zero-order valence-corrected chi connectivity index (χ0v) is 12.4. The first kappa shape index (κ1) is 16.9. The lowest BCUT2D eigenvalue weighted by molar-refractivity contribution is -0.135. The fourth-order valence-corrected chi connectivity index (χ4v) is 1.96. The molecule has 0 saturated carbocycles. The molecule has 0 radical (unpaired) electrons. The third-order valence-corrected chi connectivity index (χ3v) is 2.97. The van der Waals surface area contributed by atoms with Crippen LogP contribution in [0.4, 0.5) is 10.5 Å². The van der Waals surface area contributed by atoms with Gasteiger partial charge in [-0.15, -0.1) is 6.42 Å². The Kier molecular flexibility index (Phi) is 6.57. The minimum atomic E-state index is -1.13. The van der Waals surface area contributed by atoms with Crippen LogP contribution in [0.2, 0.25) is 5.02 Å². The fourth-order valence-electron chi connectivity index (χ4n) is 1.77. The summed E-state index contributed by atoms with van der Waals surface area (Å²) in [5.74, 6) is 1.35. The molecule has 1 aromatic rings. The highest BCUT2D eigenvalue weighted by Crippen LogP contribution is 2.19.